The van der Waals surface area contributed by atoms with Crippen LogP contribution in [0.4, 0.5) is 11.4 Å². The lowest BCUT2D eigenvalue weighted by atomic mass is 9.89. The molecule has 2 amide bonds. The fraction of sp³-hybridized carbons (Fsp3) is 0.148. The second kappa shape index (κ2) is 8.73. The number of hydrogen-bond acceptors (Lipinski definition) is 6. The minimum atomic E-state index is -0.453. The van der Waals surface area contributed by atoms with Gasteiger partial charge in [0.1, 0.15) is 0 Å². The summed E-state index contributed by atoms with van der Waals surface area (Å²) < 4.78 is 0. The van der Waals surface area contributed by atoms with E-state index in [-0.39, 0.29) is 24.0 Å². The Kier molecular flexibility index (Phi) is 5.58. The molecule has 8 heteroatoms. The Morgan fingerprint density at radius 1 is 0.943 bits per heavy atom. The molecule has 0 unspecified atom stereocenters. The van der Waals surface area contributed by atoms with Gasteiger partial charge in [-0.1, -0.05) is 36.4 Å². The second-order valence-corrected chi connectivity index (χ2v) is 8.67. The number of benzene rings is 4. The van der Waals surface area contributed by atoms with Gasteiger partial charge in [0, 0.05) is 41.7 Å². The zero-order valence-electron chi connectivity index (χ0n) is 19.3. The summed E-state index contributed by atoms with van der Waals surface area (Å²) in [4.78, 5) is 45.8. The van der Waals surface area contributed by atoms with E-state index in [4.69, 9.17) is 0 Å². The Labute approximate surface area is 201 Å². The average Bonchev–Trinajstić information content (AvgIpc) is 2.84. The number of imide groups is 1. The molecule has 0 saturated carbocycles. The highest BCUT2D eigenvalue weighted by Crippen LogP contribution is 2.39. The van der Waals surface area contributed by atoms with E-state index >= 15 is 0 Å². The van der Waals surface area contributed by atoms with Crippen LogP contribution < -0.4 is 0 Å². The standard InChI is InChI=1S/C27H22N4O4/c1-29(2)13-14-30-26(32)20-10-5-8-17-15-18-9-6-11-21(24(18)25(23(17)20)27(30)33)28-16-19-7-3-4-12-22(19)31(34)35/h3-12,15-16H,13-14H2,1-2H3. The molecule has 0 aromatic heterocycles. The Hall–Kier alpha value is -4.43. The number of hydrogen-bond donors (Lipinski definition) is 0. The van der Waals surface area contributed by atoms with Crippen LogP contribution in [-0.4, -0.2) is 59.9 Å². The topological polar surface area (TPSA) is 96.1 Å². The van der Waals surface area contributed by atoms with Crippen molar-refractivity contribution in [3.05, 3.63) is 93.5 Å². The largest absolute Gasteiger partial charge is 0.308 e. The minimum Gasteiger partial charge on any atom is -0.308 e. The van der Waals surface area contributed by atoms with Gasteiger partial charge in [-0.25, -0.2) is 0 Å². The molecule has 1 aliphatic heterocycles. The maximum absolute atomic E-state index is 13.8. The molecular weight excluding hydrogens is 444 g/mol. The lowest BCUT2D eigenvalue weighted by Crippen LogP contribution is -2.43. The molecule has 0 fully saturated rings. The molecule has 5 rings (SSSR count). The van der Waals surface area contributed by atoms with E-state index in [0.29, 0.717) is 39.7 Å². The van der Waals surface area contributed by atoms with Crippen LogP contribution in [0.2, 0.25) is 0 Å². The number of carbonyl (C=O) groups excluding carboxylic acids is 2. The van der Waals surface area contributed by atoms with E-state index in [1.165, 1.54) is 17.2 Å². The number of para-hydroxylation sites is 1. The zero-order chi connectivity index (χ0) is 24.7. The summed E-state index contributed by atoms with van der Waals surface area (Å²) in [6.45, 7) is 0.800. The third-order valence-electron chi connectivity index (χ3n) is 6.16. The van der Waals surface area contributed by atoms with Crippen molar-refractivity contribution in [2.45, 2.75) is 0 Å². The fourth-order valence-corrected chi connectivity index (χ4v) is 4.49. The monoisotopic (exact) mass is 466 g/mol. The van der Waals surface area contributed by atoms with Gasteiger partial charge in [0.2, 0.25) is 0 Å². The van der Waals surface area contributed by atoms with E-state index in [1.54, 1.807) is 30.3 Å². The van der Waals surface area contributed by atoms with Crippen LogP contribution in [0.15, 0.2) is 71.7 Å². The molecule has 4 aromatic rings. The van der Waals surface area contributed by atoms with Gasteiger partial charge in [-0.05, 0) is 49.1 Å². The van der Waals surface area contributed by atoms with Gasteiger partial charge in [-0.2, -0.15) is 0 Å². The van der Waals surface area contributed by atoms with Gasteiger partial charge in [0.05, 0.1) is 21.7 Å². The summed E-state index contributed by atoms with van der Waals surface area (Å²) in [7, 11) is 3.77. The molecule has 174 valence electrons. The third kappa shape index (κ3) is 3.83. The van der Waals surface area contributed by atoms with Crippen molar-refractivity contribution in [2.75, 3.05) is 27.2 Å². The number of aliphatic imine (C=N–C) groups is 1. The number of nitro groups is 1. The predicted molar refractivity (Wildman–Crippen MR) is 136 cm³/mol. The first kappa shape index (κ1) is 22.4. The van der Waals surface area contributed by atoms with Gasteiger partial charge in [0.15, 0.2) is 0 Å². The molecule has 4 aromatic carbocycles. The first-order valence-electron chi connectivity index (χ1n) is 11.1. The molecule has 1 heterocycles. The Morgan fingerprint density at radius 2 is 1.66 bits per heavy atom. The highest BCUT2D eigenvalue weighted by molar-refractivity contribution is 6.31. The van der Waals surface area contributed by atoms with E-state index in [1.807, 2.05) is 49.3 Å². The molecule has 1 aliphatic rings. The van der Waals surface area contributed by atoms with Crippen LogP contribution in [0.5, 0.6) is 0 Å². The second-order valence-electron chi connectivity index (χ2n) is 8.67. The number of likely N-dealkylation sites (N-methyl/N-ethyl adjacent to an activating group) is 1. The van der Waals surface area contributed by atoms with Crippen molar-refractivity contribution < 1.29 is 14.5 Å². The predicted octanol–water partition coefficient (Wildman–Crippen LogP) is 4.81. The molecule has 8 nitrogen and oxygen atoms in total. The van der Waals surface area contributed by atoms with Crippen molar-refractivity contribution in [2.24, 2.45) is 4.99 Å². The quantitative estimate of drug-likeness (QED) is 0.134. The van der Waals surface area contributed by atoms with Crippen LogP contribution in [0.25, 0.3) is 21.5 Å². The summed E-state index contributed by atoms with van der Waals surface area (Å²) in [5.41, 5.74) is 1.72. The van der Waals surface area contributed by atoms with Crippen molar-refractivity contribution in [3.63, 3.8) is 0 Å². The van der Waals surface area contributed by atoms with Gasteiger partial charge in [-0.15, -0.1) is 0 Å². The van der Waals surface area contributed by atoms with Crippen LogP contribution in [0.1, 0.15) is 26.3 Å². The van der Waals surface area contributed by atoms with Crippen molar-refractivity contribution in [3.8, 4) is 0 Å². The molecule has 0 aliphatic carbocycles. The number of nitrogens with zero attached hydrogens (tertiary/aromatic N) is 4. The molecule has 0 radical (unpaired) electrons. The Balaban J connectivity index is 1.74. The van der Waals surface area contributed by atoms with Crippen molar-refractivity contribution in [1.82, 2.24) is 9.80 Å². The fourth-order valence-electron chi connectivity index (χ4n) is 4.49. The molecular formula is C27H22N4O4. The maximum atomic E-state index is 13.8. The van der Waals surface area contributed by atoms with Crippen LogP contribution in [-0.2, 0) is 0 Å². The summed E-state index contributed by atoms with van der Waals surface area (Å²) in [6, 6.07) is 19.3. The first-order chi connectivity index (χ1) is 16.9. The van der Waals surface area contributed by atoms with E-state index in [0.717, 1.165) is 10.8 Å². The van der Waals surface area contributed by atoms with Gasteiger partial charge < -0.3 is 4.90 Å². The highest BCUT2D eigenvalue weighted by atomic mass is 16.6. The normalized spacial score (nSPS) is 13.5. The van der Waals surface area contributed by atoms with Gasteiger partial charge in [-0.3, -0.25) is 29.6 Å². The Morgan fingerprint density at radius 3 is 2.40 bits per heavy atom. The van der Waals surface area contributed by atoms with E-state index in [2.05, 4.69) is 4.99 Å². The molecule has 0 bridgehead atoms. The molecule has 0 N–H and O–H groups in total. The Bertz CT molecular complexity index is 1560. The molecule has 35 heavy (non-hydrogen) atoms. The molecule has 0 atom stereocenters. The van der Waals surface area contributed by atoms with Crippen molar-refractivity contribution >= 4 is 50.9 Å². The highest BCUT2D eigenvalue weighted by Gasteiger charge is 2.34. The summed E-state index contributed by atoms with van der Waals surface area (Å²) in [6.07, 6.45) is 1.44. The number of rotatable bonds is 6. The van der Waals surface area contributed by atoms with Gasteiger partial charge in [0.25, 0.3) is 17.5 Å². The molecule has 0 saturated heterocycles. The summed E-state index contributed by atoms with van der Waals surface area (Å²) in [5.74, 6) is -0.672. The smallest absolute Gasteiger partial charge is 0.278 e. The lowest BCUT2D eigenvalue weighted by molar-refractivity contribution is -0.385. The summed E-state index contributed by atoms with van der Waals surface area (Å²) >= 11 is 0. The third-order valence-corrected chi connectivity index (χ3v) is 6.16. The van der Waals surface area contributed by atoms with Crippen LogP contribution in [0, 0.1) is 10.1 Å². The summed E-state index contributed by atoms with van der Waals surface area (Å²) in [5, 5.41) is 14.3. The number of nitro benzene ring substituents is 1. The maximum Gasteiger partial charge on any atom is 0.278 e. The SMILES string of the molecule is CN(C)CCN1C(=O)c2cccc3cc4cccc(N=Cc5ccccc5[N+](=O)[O-])c4c(c23)C1=O. The lowest BCUT2D eigenvalue weighted by Gasteiger charge is -2.29. The van der Waals surface area contributed by atoms with Gasteiger partial charge >= 0.3 is 0 Å². The van der Waals surface area contributed by atoms with E-state index < -0.39 is 4.92 Å². The zero-order valence-corrected chi connectivity index (χ0v) is 19.3. The average molecular weight is 466 g/mol. The first-order valence-corrected chi connectivity index (χ1v) is 11.1. The van der Waals surface area contributed by atoms with E-state index in [9.17, 15) is 19.7 Å². The van der Waals surface area contributed by atoms with Crippen molar-refractivity contribution in [1.29, 1.82) is 0 Å². The van der Waals surface area contributed by atoms with Crippen LogP contribution >= 0.6 is 0 Å². The number of amides is 2. The number of fused-ring (bicyclic) bond motifs is 2. The molecule has 0 spiro atoms. The minimum absolute atomic E-state index is 0.0536. The number of carbonyl (C=O) groups is 2. The van der Waals surface area contributed by atoms with Crippen LogP contribution in [0.3, 0.4) is 0 Å².